The van der Waals surface area contributed by atoms with Crippen LogP contribution < -0.4 is 5.43 Å². The SMILES string of the molecule is O=C1NN=C(c2cccc([N+](=O)[O-])c2)N2C[C@H](OCc3ccccc3)C[C@@H]12. The molecule has 27 heavy (non-hydrogen) atoms. The summed E-state index contributed by atoms with van der Waals surface area (Å²) in [5.41, 5.74) is 4.18. The van der Waals surface area contributed by atoms with Crippen LogP contribution in [0.4, 0.5) is 5.69 Å². The maximum atomic E-state index is 12.2. The van der Waals surface area contributed by atoms with E-state index in [2.05, 4.69) is 10.5 Å². The molecular weight excluding hydrogens is 348 g/mol. The summed E-state index contributed by atoms with van der Waals surface area (Å²) in [4.78, 5) is 24.7. The summed E-state index contributed by atoms with van der Waals surface area (Å²) in [5.74, 6) is 0.337. The fraction of sp³-hybridized carbons (Fsp3) is 0.263. The molecule has 1 saturated heterocycles. The van der Waals surface area contributed by atoms with Crippen molar-refractivity contribution in [1.82, 2.24) is 10.3 Å². The van der Waals surface area contributed by atoms with Gasteiger partial charge in [0.2, 0.25) is 0 Å². The Kier molecular flexibility index (Phi) is 4.55. The summed E-state index contributed by atoms with van der Waals surface area (Å²) in [6, 6.07) is 15.7. The number of carbonyl (C=O) groups excluding carboxylic acids is 1. The Balaban J connectivity index is 1.51. The number of non-ortho nitro benzene ring substituents is 1. The van der Waals surface area contributed by atoms with E-state index in [0.717, 1.165) is 5.56 Å². The molecule has 138 valence electrons. The number of amides is 1. The van der Waals surface area contributed by atoms with E-state index in [1.54, 1.807) is 12.1 Å². The van der Waals surface area contributed by atoms with Gasteiger partial charge in [-0.1, -0.05) is 42.5 Å². The summed E-state index contributed by atoms with van der Waals surface area (Å²) in [6.07, 6.45) is 0.426. The van der Waals surface area contributed by atoms with Gasteiger partial charge in [-0.2, -0.15) is 5.10 Å². The quantitative estimate of drug-likeness (QED) is 0.645. The van der Waals surface area contributed by atoms with Gasteiger partial charge in [0.1, 0.15) is 6.04 Å². The van der Waals surface area contributed by atoms with Crippen molar-refractivity contribution in [3.8, 4) is 0 Å². The van der Waals surface area contributed by atoms with Crippen molar-refractivity contribution >= 4 is 17.4 Å². The minimum Gasteiger partial charge on any atom is -0.372 e. The lowest BCUT2D eigenvalue weighted by atomic mass is 10.1. The fourth-order valence-electron chi connectivity index (χ4n) is 3.42. The number of hydrogen-bond donors (Lipinski definition) is 1. The molecule has 0 aromatic heterocycles. The van der Waals surface area contributed by atoms with Gasteiger partial charge < -0.3 is 9.64 Å². The highest BCUT2D eigenvalue weighted by molar-refractivity contribution is 6.04. The van der Waals surface area contributed by atoms with E-state index < -0.39 is 11.0 Å². The lowest BCUT2D eigenvalue weighted by Crippen LogP contribution is -2.50. The highest BCUT2D eigenvalue weighted by Crippen LogP contribution is 2.27. The number of fused-ring (bicyclic) bond motifs is 1. The van der Waals surface area contributed by atoms with Crippen molar-refractivity contribution in [2.24, 2.45) is 5.10 Å². The Morgan fingerprint density at radius 1 is 1.22 bits per heavy atom. The standard InChI is InChI=1S/C19H18N4O4/c24-19-17-10-16(27-12-13-5-2-1-3-6-13)11-22(17)18(20-21-19)14-7-4-8-15(9-14)23(25)26/h1-9,16-17H,10-12H2,(H,21,24)/t16-,17+/m1/s1. The Labute approximate surface area is 155 Å². The molecule has 8 heteroatoms. The zero-order valence-electron chi connectivity index (χ0n) is 14.4. The largest absolute Gasteiger partial charge is 0.372 e. The van der Waals surface area contributed by atoms with Crippen molar-refractivity contribution in [1.29, 1.82) is 0 Å². The van der Waals surface area contributed by atoms with E-state index in [1.807, 2.05) is 35.2 Å². The van der Waals surface area contributed by atoms with Crippen LogP contribution in [0, 0.1) is 10.1 Å². The summed E-state index contributed by atoms with van der Waals surface area (Å²) < 4.78 is 5.99. The van der Waals surface area contributed by atoms with Crippen LogP contribution in [0.25, 0.3) is 0 Å². The Bertz CT molecular complexity index is 900. The molecule has 2 aromatic rings. The Morgan fingerprint density at radius 3 is 2.81 bits per heavy atom. The van der Waals surface area contributed by atoms with E-state index in [9.17, 15) is 14.9 Å². The first-order valence-corrected chi connectivity index (χ1v) is 8.66. The molecule has 0 radical (unpaired) electrons. The lowest BCUT2D eigenvalue weighted by molar-refractivity contribution is -0.384. The van der Waals surface area contributed by atoms with Gasteiger partial charge in [-0.05, 0) is 5.56 Å². The van der Waals surface area contributed by atoms with Gasteiger partial charge in [-0.25, -0.2) is 5.43 Å². The first-order chi connectivity index (χ1) is 13.1. The third-order valence-electron chi connectivity index (χ3n) is 4.75. The number of rotatable bonds is 5. The molecule has 2 atom stereocenters. The van der Waals surface area contributed by atoms with Crippen LogP contribution in [0.3, 0.4) is 0 Å². The van der Waals surface area contributed by atoms with E-state index in [1.165, 1.54) is 12.1 Å². The zero-order chi connectivity index (χ0) is 18.8. The molecule has 4 rings (SSSR count). The van der Waals surface area contributed by atoms with Gasteiger partial charge in [-0.3, -0.25) is 14.9 Å². The molecule has 8 nitrogen and oxygen atoms in total. The van der Waals surface area contributed by atoms with Crippen LogP contribution in [-0.2, 0) is 16.1 Å². The smallest absolute Gasteiger partial charge is 0.270 e. The molecule has 1 fully saturated rings. The van der Waals surface area contributed by atoms with Gasteiger partial charge in [0.15, 0.2) is 5.84 Å². The second kappa shape index (κ2) is 7.16. The first kappa shape index (κ1) is 17.2. The number of nitro benzene ring substituents is 1. The second-order valence-corrected chi connectivity index (χ2v) is 6.54. The lowest BCUT2D eigenvalue weighted by Gasteiger charge is -2.30. The van der Waals surface area contributed by atoms with Crippen molar-refractivity contribution < 1.29 is 14.5 Å². The highest BCUT2D eigenvalue weighted by atomic mass is 16.6. The topological polar surface area (TPSA) is 97.1 Å². The number of hydrogen-bond acceptors (Lipinski definition) is 6. The molecular formula is C19H18N4O4. The molecule has 2 aliphatic heterocycles. The predicted molar refractivity (Wildman–Crippen MR) is 97.9 cm³/mol. The van der Waals surface area contributed by atoms with Crippen LogP contribution in [0.5, 0.6) is 0 Å². The van der Waals surface area contributed by atoms with Crippen molar-refractivity contribution in [2.75, 3.05) is 6.54 Å². The predicted octanol–water partition coefficient (Wildman–Crippen LogP) is 2.05. The maximum absolute atomic E-state index is 12.2. The molecule has 0 spiro atoms. The summed E-state index contributed by atoms with van der Waals surface area (Å²) in [7, 11) is 0. The van der Waals surface area contributed by atoms with Gasteiger partial charge in [0.25, 0.3) is 11.6 Å². The molecule has 0 saturated carbocycles. The molecule has 2 aromatic carbocycles. The number of nitrogens with one attached hydrogen (secondary N) is 1. The Hall–Kier alpha value is -3.26. The summed E-state index contributed by atoms with van der Waals surface area (Å²) in [5, 5.41) is 15.2. The Morgan fingerprint density at radius 2 is 2.04 bits per heavy atom. The van der Waals surface area contributed by atoms with Gasteiger partial charge in [-0.15, -0.1) is 0 Å². The number of hydrazone groups is 1. The van der Waals surface area contributed by atoms with Crippen LogP contribution in [0.1, 0.15) is 17.5 Å². The number of nitro groups is 1. The minimum atomic E-state index is -0.446. The van der Waals surface area contributed by atoms with Crippen LogP contribution in [-0.4, -0.2) is 40.3 Å². The van der Waals surface area contributed by atoms with Gasteiger partial charge in [0, 0.05) is 30.7 Å². The van der Waals surface area contributed by atoms with Gasteiger partial charge >= 0.3 is 0 Å². The average Bonchev–Trinajstić information content (AvgIpc) is 3.13. The molecule has 2 heterocycles. The second-order valence-electron chi connectivity index (χ2n) is 6.54. The monoisotopic (exact) mass is 366 g/mol. The van der Waals surface area contributed by atoms with E-state index in [0.29, 0.717) is 31.0 Å². The normalized spacial score (nSPS) is 21.4. The van der Waals surface area contributed by atoms with Crippen molar-refractivity contribution in [2.45, 2.75) is 25.2 Å². The van der Waals surface area contributed by atoms with Crippen molar-refractivity contribution in [3.05, 3.63) is 75.8 Å². The van der Waals surface area contributed by atoms with Crippen molar-refractivity contribution in [3.63, 3.8) is 0 Å². The maximum Gasteiger partial charge on any atom is 0.270 e. The highest BCUT2D eigenvalue weighted by Gasteiger charge is 2.42. The molecule has 0 unspecified atom stereocenters. The van der Waals surface area contributed by atoms with E-state index in [-0.39, 0.29) is 17.7 Å². The van der Waals surface area contributed by atoms with E-state index >= 15 is 0 Å². The van der Waals surface area contributed by atoms with Gasteiger partial charge in [0.05, 0.1) is 17.6 Å². The fourth-order valence-corrected chi connectivity index (χ4v) is 3.42. The molecule has 0 aliphatic carbocycles. The number of amidine groups is 1. The first-order valence-electron chi connectivity index (χ1n) is 8.66. The van der Waals surface area contributed by atoms with E-state index in [4.69, 9.17) is 4.74 Å². The minimum absolute atomic E-state index is 0.0141. The molecule has 2 aliphatic rings. The zero-order valence-corrected chi connectivity index (χ0v) is 14.4. The summed E-state index contributed by atoms with van der Waals surface area (Å²) in [6.45, 7) is 0.976. The number of benzene rings is 2. The number of ether oxygens (including phenoxy) is 1. The number of carbonyl (C=O) groups is 1. The number of nitrogens with zero attached hydrogens (tertiary/aromatic N) is 3. The third-order valence-corrected chi connectivity index (χ3v) is 4.75. The van der Waals surface area contributed by atoms with Crippen LogP contribution in [0.15, 0.2) is 59.7 Å². The van der Waals surface area contributed by atoms with Crippen LogP contribution in [0.2, 0.25) is 0 Å². The molecule has 0 bridgehead atoms. The van der Waals surface area contributed by atoms with Crippen LogP contribution >= 0.6 is 0 Å². The summed E-state index contributed by atoms with van der Waals surface area (Å²) >= 11 is 0. The molecule has 1 N–H and O–H groups in total. The molecule has 1 amide bonds. The average molecular weight is 366 g/mol. The third kappa shape index (κ3) is 3.52.